The number of hydrogen-bond donors (Lipinski definition) is 0. The van der Waals surface area contributed by atoms with Gasteiger partial charge in [0.05, 0.1) is 6.61 Å². The quantitative estimate of drug-likeness (QED) is 0.673. The van der Waals surface area contributed by atoms with E-state index in [0.717, 1.165) is 19.4 Å². The summed E-state index contributed by atoms with van der Waals surface area (Å²) >= 11 is 0. The lowest BCUT2D eigenvalue weighted by Gasteiger charge is -2.28. The van der Waals surface area contributed by atoms with Crippen molar-refractivity contribution in [1.29, 1.82) is 0 Å². The van der Waals surface area contributed by atoms with Crippen LogP contribution in [0.1, 0.15) is 44.1 Å². The summed E-state index contributed by atoms with van der Waals surface area (Å²) in [5.41, 5.74) is 1.18. The van der Waals surface area contributed by atoms with Gasteiger partial charge < -0.3 is 4.74 Å². The van der Waals surface area contributed by atoms with Gasteiger partial charge in [-0.1, -0.05) is 30.3 Å². The van der Waals surface area contributed by atoms with Crippen LogP contribution < -0.4 is 0 Å². The molecule has 0 aromatic heterocycles. The van der Waals surface area contributed by atoms with Crippen molar-refractivity contribution in [2.75, 3.05) is 6.61 Å². The smallest absolute Gasteiger partial charge is 0.248 e. The van der Waals surface area contributed by atoms with Crippen LogP contribution in [0.5, 0.6) is 0 Å². The summed E-state index contributed by atoms with van der Waals surface area (Å²) in [7, 11) is 0. The van der Waals surface area contributed by atoms with Crippen LogP contribution in [0.4, 0.5) is 8.78 Å². The predicted octanol–water partition coefficient (Wildman–Crippen LogP) is 4.81. The molecule has 1 aliphatic rings. The van der Waals surface area contributed by atoms with Gasteiger partial charge in [0, 0.05) is 19.4 Å². The van der Waals surface area contributed by atoms with E-state index in [0.29, 0.717) is 25.4 Å². The van der Waals surface area contributed by atoms with Crippen LogP contribution in [0.2, 0.25) is 0 Å². The molecule has 0 saturated heterocycles. The van der Waals surface area contributed by atoms with E-state index in [1.54, 1.807) is 0 Å². The molecule has 106 valence electrons. The van der Waals surface area contributed by atoms with E-state index in [1.807, 2.05) is 30.3 Å². The third-order valence-corrected chi connectivity index (χ3v) is 3.85. The second-order valence-corrected chi connectivity index (χ2v) is 5.48. The molecule has 0 amide bonds. The van der Waals surface area contributed by atoms with Gasteiger partial charge in [-0.05, 0) is 37.2 Å². The second kappa shape index (κ2) is 6.99. The number of rotatable bonds is 6. The number of hydrogen-bond acceptors (Lipinski definition) is 1. The van der Waals surface area contributed by atoms with Gasteiger partial charge in [0.1, 0.15) is 0 Å². The molecule has 3 heteroatoms. The lowest BCUT2D eigenvalue weighted by Crippen LogP contribution is -2.24. The maximum atomic E-state index is 13.0. The standard InChI is InChI=1S/C16H22F2O/c17-16(18)10-8-14(9-11-16)7-4-12-19-13-15-5-2-1-3-6-15/h1-3,5-6,14H,4,7-13H2. The summed E-state index contributed by atoms with van der Waals surface area (Å²) in [6, 6.07) is 10.1. The molecule has 19 heavy (non-hydrogen) atoms. The van der Waals surface area contributed by atoms with Crippen LogP contribution in [-0.4, -0.2) is 12.5 Å². The van der Waals surface area contributed by atoms with Crippen LogP contribution in [0.15, 0.2) is 30.3 Å². The fourth-order valence-electron chi connectivity index (χ4n) is 2.63. The molecule has 0 atom stereocenters. The van der Waals surface area contributed by atoms with Gasteiger partial charge >= 0.3 is 0 Å². The van der Waals surface area contributed by atoms with Crippen molar-refractivity contribution in [2.45, 2.75) is 51.1 Å². The molecule has 0 bridgehead atoms. The highest BCUT2D eigenvalue weighted by atomic mass is 19.3. The first-order valence-electron chi connectivity index (χ1n) is 7.15. The molecular weight excluding hydrogens is 246 g/mol. The van der Waals surface area contributed by atoms with E-state index in [4.69, 9.17) is 4.74 Å². The Kier molecular flexibility index (Phi) is 5.32. The van der Waals surface area contributed by atoms with E-state index in [1.165, 1.54) is 5.56 Å². The molecule has 1 aromatic rings. The molecule has 1 aliphatic carbocycles. The van der Waals surface area contributed by atoms with Gasteiger partial charge in [0.2, 0.25) is 5.92 Å². The zero-order valence-electron chi connectivity index (χ0n) is 11.3. The number of benzene rings is 1. The summed E-state index contributed by atoms with van der Waals surface area (Å²) in [6.07, 6.45) is 3.48. The van der Waals surface area contributed by atoms with Gasteiger partial charge in [-0.2, -0.15) is 0 Å². The van der Waals surface area contributed by atoms with Gasteiger partial charge in [0.15, 0.2) is 0 Å². The second-order valence-electron chi connectivity index (χ2n) is 5.48. The van der Waals surface area contributed by atoms with Crippen molar-refractivity contribution in [3.8, 4) is 0 Å². The Bertz CT molecular complexity index is 354. The SMILES string of the molecule is FC1(F)CCC(CCCOCc2ccccc2)CC1. The summed E-state index contributed by atoms with van der Waals surface area (Å²) < 4.78 is 31.6. The van der Waals surface area contributed by atoms with Crippen LogP contribution in [0.25, 0.3) is 0 Å². The molecule has 1 fully saturated rings. The van der Waals surface area contributed by atoms with E-state index >= 15 is 0 Å². The molecule has 1 saturated carbocycles. The lowest BCUT2D eigenvalue weighted by atomic mass is 9.84. The normalized spacial score (nSPS) is 19.5. The van der Waals surface area contributed by atoms with Crippen LogP contribution in [0, 0.1) is 5.92 Å². The monoisotopic (exact) mass is 268 g/mol. The average Bonchev–Trinajstić information content (AvgIpc) is 2.41. The Hall–Kier alpha value is -0.960. The predicted molar refractivity (Wildman–Crippen MR) is 72.2 cm³/mol. The topological polar surface area (TPSA) is 9.23 Å². The van der Waals surface area contributed by atoms with Gasteiger partial charge in [-0.15, -0.1) is 0 Å². The number of ether oxygens (including phenoxy) is 1. The first-order chi connectivity index (χ1) is 9.16. The zero-order valence-corrected chi connectivity index (χ0v) is 11.3. The molecule has 1 aromatic carbocycles. The van der Waals surface area contributed by atoms with Gasteiger partial charge in [-0.3, -0.25) is 0 Å². The molecule has 0 unspecified atom stereocenters. The van der Waals surface area contributed by atoms with Crippen molar-refractivity contribution in [3.05, 3.63) is 35.9 Å². The van der Waals surface area contributed by atoms with Crippen molar-refractivity contribution in [3.63, 3.8) is 0 Å². The minimum absolute atomic E-state index is 0.0720. The molecule has 0 N–H and O–H groups in total. The molecule has 1 nitrogen and oxygen atoms in total. The lowest BCUT2D eigenvalue weighted by molar-refractivity contribution is -0.0472. The molecule has 0 aliphatic heterocycles. The average molecular weight is 268 g/mol. The molecular formula is C16H22F2O. The van der Waals surface area contributed by atoms with E-state index in [2.05, 4.69) is 0 Å². The first kappa shape index (κ1) is 14.4. The molecule has 0 heterocycles. The third-order valence-electron chi connectivity index (χ3n) is 3.85. The summed E-state index contributed by atoms with van der Waals surface area (Å²) in [6.45, 7) is 1.37. The maximum absolute atomic E-state index is 13.0. The van der Waals surface area contributed by atoms with Gasteiger partial charge in [0.25, 0.3) is 0 Å². The highest BCUT2D eigenvalue weighted by molar-refractivity contribution is 5.13. The number of alkyl halides is 2. The fourth-order valence-corrected chi connectivity index (χ4v) is 2.63. The highest BCUT2D eigenvalue weighted by Gasteiger charge is 2.34. The van der Waals surface area contributed by atoms with Crippen LogP contribution in [-0.2, 0) is 11.3 Å². The van der Waals surface area contributed by atoms with Crippen molar-refractivity contribution in [2.24, 2.45) is 5.92 Å². The Morgan fingerprint density at radius 2 is 1.79 bits per heavy atom. The largest absolute Gasteiger partial charge is 0.377 e. The molecule has 0 radical (unpaired) electrons. The Morgan fingerprint density at radius 3 is 2.47 bits per heavy atom. The molecule has 0 spiro atoms. The van der Waals surface area contributed by atoms with Crippen molar-refractivity contribution in [1.82, 2.24) is 0 Å². The summed E-state index contributed by atoms with van der Waals surface area (Å²) in [5, 5.41) is 0. The Morgan fingerprint density at radius 1 is 1.11 bits per heavy atom. The highest BCUT2D eigenvalue weighted by Crippen LogP contribution is 2.37. The minimum Gasteiger partial charge on any atom is -0.377 e. The Balaban J connectivity index is 1.53. The maximum Gasteiger partial charge on any atom is 0.248 e. The molecule has 2 rings (SSSR count). The minimum atomic E-state index is -2.40. The van der Waals surface area contributed by atoms with Crippen molar-refractivity contribution >= 4 is 0 Å². The van der Waals surface area contributed by atoms with Crippen LogP contribution >= 0.6 is 0 Å². The van der Waals surface area contributed by atoms with Crippen molar-refractivity contribution < 1.29 is 13.5 Å². The van der Waals surface area contributed by atoms with E-state index in [-0.39, 0.29) is 12.8 Å². The number of halogens is 2. The van der Waals surface area contributed by atoms with Crippen LogP contribution in [0.3, 0.4) is 0 Å². The van der Waals surface area contributed by atoms with Gasteiger partial charge in [-0.25, -0.2) is 8.78 Å². The summed E-state index contributed by atoms with van der Waals surface area (Å²) in [4.78, 5) is 0. The summed E-state index contributed by atoms with van der Waals surface area (Å²) in [5.74, 6) is -1.93. The zero-order chi connectivity index (χ0) is 13.6. The first-order valence-corrected chi connectivity index (χ1v) is 7.15. The van der Waals surface area contributed by atoms with E-state index < -0.39 is 5.92 Å². The Labute approximate surface area is 114 Å². The third kappa shape index (κ3) is 5.27. The fraction of sp³-hybridized carbons (Fsp3) is 0.625. The van der Waals surface area contributed by atoms with E-state index in [9.17, 15) is 8.78 Å².